The molecule has 1 aromatic carbocycles. The Hall–Kier alpha value is -2.76. The Morgan fingerprint density at radius 3 is 2.33 bits per heavy atom. The van der Waals surface area contributed by atoms with Gasteiger partial charge in [-0.15, -0.1) is 0 Å². The van der Waals surface area contributed by atoms with Crippen molar-refractivity contribution in [2.24, 2.45) is 0 Å². The standard InChI is InChI=1S/C21H28N4O2/c1-14-12-19(15(2)25(14)18-10-5-4-6-11-18)20(26)23-16-8-7-9-17(13-16)24-21(27)22-3/h7-9,12-13,18H,4-6,10-11H2,1-3H3,(H,23,26)(H2,22,24,27). The summed E-state index contributed by atoms with van der Waals surface area (Å²) in [4.78, 5) is 24.3. The number of urea groups is 1. The van der Waals surface area contributed by atoms with Crippen LogP contribution in [0, 0.1) is 13.8 Å². The van der Waals surface area contributed by atoms with Crippen LogP contribution in [-0.2, 0) is 0 Å². The summed E-state index contributed by atoms with van der Waals surface area (Å²) >= 11 is 0. The second-order valence-electron chi connectivity index (χ2n) is 7.19. The molecule has 0 aliphatic heterocycles. The highest BCUT2D eigenvalue weighted by Crippen LogP contribution is 2.32. The summed E-state index contributed by atoms with van der Waals surface area (Å²) in [7, 11) is 1.56. The molecule has 1 aromatic heterocycles. The molecular weight excluding hydrogens is 340 g/mol. The average Bonchev–Trinajstić information content (AvgIpc) is 2.97. The van der Waals surface area contributed by atoms with Gasteiger partial charge in [-0.1, -0.05) is 25.3 Å². The molecule has 1 saturated carbocycles. The third-order valence-electron chi connectivity index (χ3n) is 5.27. The Bertz CT molecular complexity index is 835. The molecule has 3 N–H and O–H groups in total. The SMILES string of the molecule is CNC(=O)Nc1cccc(NC(=O)c2cc(C)n(C3CCCCC3)c2C)c1. The van der Waals surface area contributed by atoms with E-state index in [1.165, 1.54) is 32.1 Å². The average molecular weight is 368 g/mol. The van der Waals surface area contributed by atoms with Crippen LogP contribution in [0.4, 0.5) is 16.2 Å². The van der Waals surface area contributed by atoms with E-state index in [4.69, 9.17) is 0 Å². The number of amides is 3. The van der Waals surface area contributed by atoms with Gasteiger partial charge in [-0.25, -0.2) is 4.79 Å². The lowest BCUT2D eigenvalue weighted by atomic mass is 9.95. The highest BCUT2D eigenvalue weighted by molar-refractivity contribution is 6.05. The van der Waals surface area contributed by atoms with E-state index in [-0.39, 0.29) is 11.9 Å². The molecule has 1 aliphatic rings. The Morgan fingerprint density at radius 1 is 1.00 bits per heavy atom. The van der Waals surface area contributed by atoms with Crippen LogP contribution in [0.15, 0.2) is 30.3 Å². The van der Waals surface area contributed by atoms with Gasteiger partial charge in [0, 0.05) is 35.9 Å². The second kappa shape index (κ2) is 8.29. The van der Waals surface area contributed by atoms with Gasteiger partial charge in [0.1, 0.15) is 0 Å². The van der Waals surface area contributed by atoms with Crippen LogP contribution in [0.5, 0.6) is 0 Å². The predicted octanol–water partition coefficient (Wildman–Crippen LogP) is 4.61. The summed E-state index contributed by atoms with van der Waals surface area (Å²) in [6.45, 7) is 4.10. The van der Waals surface area contributed by atoms with E-state index >= 15 is 0 Å². The van der Waals surface area contributed by atoms with Crippen LogP contribution in [0.3, 0.4) is 0 Å². The first-order valence-corrected chi connectivity index (χ1v) is 9.58. The van der Waals surface area contributed by atoms with Crippen LogP contribution in [0.25, 0.3) is 0 Å². The van der Waals surface area contributed by atoms with Gasteiger partial charge in [-0.05, 0) is 51.0 Å². The quantitative estimate of drug-likeness (QED) is 0.737. The number of rotatable bonds is 4. The van der Waals surface area contributed by atoms with Crippen molar-refractivity contribution in [1.29, 1.82) is 0 Å². The zero-order valence-corrected chi connectivity index (χ0v) is 16.3. The first-order chi connectivity index (χ1) is 13.0. The number of aromatic nitrogens is 1. The molecule has 3 amide bonds. The maximum Gasteiger partial charge on any atom is 0.318 e. The summed E-state index contributed by atoms with van der Waals surface area (Å²) in [6.07, 6.45) is 6.20. The molecule has 6 heteroatoms. The molecule has 0 saturated heterocycles. The molecule has 1 heterocycles. The molecular formula is C21H28N4O2. The smallest absolute Gasteiger partial charge is 0.318 e. The van der Waals surface area contributed by atoms with Crippen molar-refractivity contribution in [3.05, 3.63) is 47.3 Å². The molecule has 2 aromatic rings. The van der Waals surface area contributed by atoms with Gasteiger partial charge in [-0.2, -0.15) is 0 Å². The summed E-state index contributed by atoms with van der Waals surface area (Å²) in [5.74, 6) is -0.123. The molecule has 27 heavy (non-hydrogen) atoms. The minimum absolute atomic E-state index is 0.123. The van der Waals surface area contributed by atoms with E-state index in [1.54, 1.807) is 25.2 Å². The number of nitrogens with zero attached hydrogens (tertiary/aromatic N) is 1. The molecule has 1 fully saturated rings. The van der Waals surface area contributed by atoms with E-state index in [2.05, 4.69) is 27.4 Å². The van der Waals surface area contributed by atoms with Gasteiger partial charge in [0.25, 0.3) is 5.91 Å². The summed E-state index contributed by atoms with van der Waals surface area (Å²) < 4.78 is 2.33. The molecule has 0 atom stereocenters. The Labute approximate surface area is 160 Å². The lowest BCUT2D eigenvalue weighted by Crippen LogP contribution is -2.24. The van der Waals surface area contributed by atoms with E-state index in [9.17, 15) is 9.59 Å². The molecule has 0 bridgehead atoms. The lowest BCUT2D eigenvalue weighted by Gasteiger charge is -2.26. The van der Waals surface area contributed by atoms with Crippen LogP contribution < -0.4 is 16.0 Å². The van der Waals surface area contributed by atoms with Gasteiger partial charge < -0.3 is 20.5 Å². The number of carbonyl (C=O) groups excluding carboxylic acids is 2. The van der Waals surface area contributed by atoms with Crippen molar-refractivity contribution in [2.45, 2.75) is 52.0 Å². The number of nitrogens with one attached hydrogen (secondary N) is 3. The second-order valence-corrected chi connectivity index (χ2v) is 7.19. The van der Waals surface area contributed by atoms with Crippen molar-refractivity contribution >= 4 is 23.3 Å². The topological polar surface area (TPSA) is 75.2 Å². The summed E-state index contributed by atoms with van der Waals surface area (Å²) in [5.41, 5.74) is 4.15. The highest BCUT2D eigenvalue weighted by atomic mass is 16.2. The minimum Gasteiger partial charge on any atom is -0.345 e. The molecule has 0 unspecified atom stereocenters. The van der Waals surface area contributed by atoms with Gasteiger partial charge in [0.2, 0.25) is 0 Å². The van der Waals surface area contributed by atoms with Crippen molar-refractivity contribution in [3.63, 3.8) is 0 Å². The third kappa shape index (κ3) is 4.32. The van der Waals surface area contributed by atoms with E-state index in [0.29, 0.717) is 23.0 Å². The van der Waals surface area contributed by atoms with Crippen molar-refractivity contribution < 1.29 is 9.59 Å². The monoisotopic (exact) mass is 368 g/mol. The number of hydrogen-bond acceptors (Lipinski definition) is 2. The largest absolute Gasteiger partial charge is 0.345 e. The minimum atomic E-state index is -0.297. The zero-order valence-electron chi connectivity index (χ0n) is 16.3. The third-order valence-corrected chi connectivity index (χ3v) is 5.27. The number of aryl methyl sites for hydroxylation is 1. The highest BCUT2D eigenvalue weighted by Gasteiger charge is 2.22. The fourth-order valence-electron chi connectivity index (χ4n) is 3.97. The van der Waals surface area contributed by atoms with Crippen molar-refractivity contribution in [1.82, 2.24) is 9.88 Å². The van der Waals surface area contributed by atoms with E-state index < -0.39 is 0 Å². The van der Waals surface area contributed by atoms with Crippen LogP contribution >= 0.6 is 0 Å². The van der Waals surface area contributed by atoms with Crippen molar-refractivity contribution in [2.75, 3.05) is 17.7 Å². The Kier molecular flexibility index (Phi) is 5.84. The van der Waals surface area contributed by atoms with Crippen LogP contribution in [-0.4, -0.2) is 23.6 Å². The molecule has 6 nitrogen and oxygen atoms in total. The summed E-state index contributed by atoms with van der Waals surface area (Å²) in [6, 6.07) is 9.31. The molecule has 0 radical (unpaired) electrons. The van der Waals surface area contributed by atoms with E-state index in [0.717, 1.165) is 11.4 Å². The molecule has 0 spiro atoms. The molecule has 144 valence electrons. The fourth-order valence-corrected chi connectivity index (χ4v) is 3.97. The number of hydrogen-bond donors (Lipinski definition) is 3. The first kappa shape index (κ1) is 19.0. The van der Waals surface area contributed by atoms with Crippen LogP contribution in [0.2, 0.25) is 0 Å². The van der Waals surface area contributed by atoms with Gasteiger partial charge in [-0.3, -0.25) is 4.79 Å². The molecule has 3 rings (SSSR count). The van der Waals surface area contributed by atoms with Gasteiger partial charge >= 0.3 is 6.03 Å². The summed E-state index contributed by atoms with van der Waals surface area (Å²) in [5, 5.41) is 8.16. The fraction of sp³-hybridized carbons (Fsp3) is 0.429. The number of benzene rings is 1. The van der Waals surface area contributed by atoms with Gasteiger partial charge in [0.05, 0.1) is 5.56 Å². The number of carbonyl (C=O) groups is 2. The normalized spacial score (nSPS) is 14.6. The van der Waals surface area contributed by atoms with Crippen molar-refractivity contribution in [3.8, 4) is 0 Å². The number of anilines is 2. The Balaban J connectivity index is 1.77. The lowest BCUT2D eigenvalue weighted by molar-refractivity contribution is 0.102. The zero-order chi connectivity index (χ0) is 19.4. The van der Waals surface area contributed by atoms with E-state index in [1.807, 2.05) is 19.1 Å². The molecule has 1 aliphatic carbocycles. The van der Waals surface area contributed by atoms with Crippen LogP contribution in [0.1, 0.15) is 59.9 Å². The van der Waals surface area contributed by atoms with Gasteiger partial charge in [0.15, 0.2) is 0 Å². The maximum atomic E-state index is 12.8. The predicted molar refractivity (Wildman–Crippen MR) is 109 cm³/mol. The first-order valence-electron chi connectivity index (χ1n) is 9.58. The Morgan fingerprint density at radius 2 is 1.67 bits per heavy atom. The maximum absolute atomic E-state index is 12.8.